The lowest BCUT2D eigenvalue weighted by Gasteiger charge is -2.14. The van der Waals surface area contributed by atoms with Gasteiger partial charge in [0.1, 0.15) is 10.1 Å². The molecule has 0 amide bonds. The van der Waals surface area contributed by atoms with Gasteiger partial charge in [-0.3, -0.25) is 4.79 Å². The van der Waals surface area contributed by atoms with E-state index in [2.05, 4.69) is 0 Å². The molecule has 2 atom stereocenters. The van der Waals surface area contributed by atoms with Crippen LogP contribution in [-0.4, -0.2) is 30.4 Å². The molecule has 1 aliphatic heterocycles. The van der Waals surface area contributed by atoms with Crippen molar-refractivity contribution in [2.24, 2.45) is 0 Å². The summed E-state index contributed by atoms with van der Waals surface area (Å²) in [5.41, 5.74) is 2.04. The van der Waals surface area contributed by atoms with Gasteiger partial charge in [-0.25, -0.2) is 4.79 Å². The molecule has 4 nitrogen and oxygen atoms in total. The van der Waals surface area contributed by atoms with E-state index in [1.165, 1.54) is 23.1 Å². The largest absolute Gasteiger partial charge is 0.465 e. The Morgan fingerprint density at radius 1 is 1.20 bits per heavy atom. The van der Waals surface area contributed by atoms with E-state index in [4.69, 9.17) is 9.47 Å². The highest BCUT2D eigenvalue weighted by molar-refractivity contribution is 8.02. The quantitative estimate of drug-likeness (QED) is 0.798. The van der Waals surface area contributed by atoms with Crippen LogP contribution in [0.2, 0.25) is 0 Å². The van der Waals surface area contributed by atoms with Crippen LogP contribution in [0.4, 0.5) is 0 Å². The molecule has 0 fully saturated rings. The molecular formula is C14H18O4S2. The maximum Gasteiger partial charge on any atom is 0.348 e. The van der Waals surface area contributed by atoms with Gasteiger partial charge in [0.2, 0.25) is 0 Å². The molecule has 2 rings (SSSR count). The number of rotatable bonds is 4. The number of esters is 2. The fraction of sp³-hybridized carbons (Fsp3) is 0.571. The second-order valence-corrected chi connectivity index (χ2v) is 6.99. The van der Waals surface area contributed by atoms with Crippen LogP contribution in [0, 0.1) is 6.92 Å². The van der Waals surface area contributed by atoms with Gasteiger partial charge in [-0.1, -0.05) is 18.7 Å². The van der Waals surface area contributed by atoms with Crippen LogP contribution in [-0.2, 0) is 14.3 Å². The van der Waals surface area contributed by atoms with Gasteiger partial charge in [-0.15, -0.1) is 11.3 Å². The molecule has 20 heavy (non-hydrogen) atoms. The van der Waals surface area contributed by atoms with Crippen molar-refractivity contribution in [1.29, 1.82) is 0 Å². The predicted octanol–water partition coefficient (Wildman–Crippen LogP) is 3.37. The zero-order valence-corrected chi connectivity index (χ0v) is 13.7. The van der Waals surface area contributed by atoms with Crippen LogP contribution in [0.25, 0.3) is 0 Å². The van der Waals surface area contributed by atoms with Crippen molar-refractivity contribution >= 4 is 35.0 Å². The minimum Gasteiger partial charge on any atom is -0.465 e. The smallest absolute Gasteiger partial charge is 0.348 e. The van der Waals surface area contributed by atoms with Crippen molar-refractivity contribution in [3.05, 3.63) is 16.0 Å². The lowest BCUT2D eigenvalue weighted by Crippen LogP contribution is -2.22. The maximum atomic E-state index is 11.9. The average molecular weight is 314 g/mol. The minimum absolute atomic E-state index is 0.0634. The number of fused-ring (bicyclic) bond motifs is 1. The highest BCUT2D eigenvalue weighted by Gasteiger charge is 2.40. The molecule has 0 saturated carbocycles. The number of carbonyl (C=O) groups excluding carboxylic acids is 2. The highest BCUT2D eigenvalue weighted by Crippen LogP contribution is 2.52. The Bertz CT molecular complexity index is 536. The maximum absolute atomic E-state index is 11.9. The van der Waals surface area contributed by atoms with Crippen LogP contribution < -0.4 is 0 Å². The summed E-state index contributed by atoms with van der Waals surface area (Å²) in [5.74, 6) is -0.385. The van der Waals surface area contributed by atoms with Gasteiger partial charge in [0.25, 0.3) is 0 Å². The van der Waals surface area contributed by atoms with E-state index >= 15 is 0 Å². The molecule has 110 valence electrons. The van der Waals surface area contributed by atoms with Gasteiger partial charge < -0.3 is 9.47 Å². The Labute approximate surface area is 126 Å². The zero-order chi connectivity index (χ0) is 14.9. The SMILES string of the molecule is CCOC(=O)c1sc2c(c1C)C(C)C(C(=O)OCC)S2. The van der Waals surface area contributed by atoms with E-state index in [-0.39, 0.29) is 23.1 Å². The lowest BCUT2D eigenvalue weighted by atomic mass is 9.96. The monoisotopic (exact) mass is 314 g/mol. The van der Waals surface area contributed by atoms with Crippen molar-refractivity contribution < 1.29 is 19.1 Å². The van der Waals surface area contributed by atoms with Crippen LogP contribution >= 0.6 is 23.1 Å². The van der Waals surface area contributed by atoms with E-state index in [1.54, 1.807) is 6.92 Å². The summed E-state index contributed by atoms with van der Waals surface area (Å²) in [4.78, 5) is 24.5. The summed E-state index contributed by atoms with van der Waals surface area (Å²) in [7, 11) is 0. The normalized spacial score (nSPS) is 20.6. The van der Waals surface area contributed by atoms with Crippen molar-refractivity contribution in [1.82, 2.24) is 0 Å². The third-order valence-corrected chi connectivity index (χ3v) is 6.19. The van der Waals surface area contributed by atoms with E-state index < -0.39 is 0 Å². The second kappa shape index (κ2) is 6.18. The van der Waals surface area contributed by atoms with Gasteiger partial charge in [0.15, 0.2) is 0 Å². The first-order chi connectivity index (χ1) is 9.51. The number of carbonyl (C=O) groups is 2. The van der Waals surface area contributed by atoms with Gasteiger partial charge in [-0.2, -0.15) is 0 Å². The number of hydrogen-bond donors (Lipinski definition) is 0. The standard InChI is InChI=1S/C14H18O4S2/c1-5-17-12(15)10-7(3)9-8(4)11(13(16)18-6-2)20-14(9)19-10/h7,10H,5-6H2,1-4H3. The fourth-order valence-corrected chi connectivity index (χ4v) is 5.35. The first-order valence-corrected chi connectivity index (χ1v) is 8.34. The molecule has 0 aliphatic carbocycles. The Kier molecular flexibility index (Phi) is 4.75. The van der Waals surface area contributed by atoms with Crippen molar-refractivity contribution in [2.75, 3.05) is 13.2 Å². The molecule has 2 unspecified atom stereocenters. The van der Waals surface area contributed by atoms with Crippen molar-refractivity contribution in [3.63, 3.8) is 0 Å². The fourth-order valence-electron chi connectivity index (χ4n) is 2.35. The molecule has 1 aromatic heterocycles. The third kappa shape index (κ3) is 2.59. The molecule has 0 aromatic carbocycles. The van der Waals surface area contributed by atoms with E-state index in [0.29, 0.717) is 18.1 Å². The molecule has 0 bridgehead atoms. The molecule has 2 heterocycles. The van der Waals surface area contributed by atoms with Crippen molar-refractivity contribution in [3.8, 4) is 0 Å². The third-order valence-electron chi connectivity index (χ3n) is 3.28. The molecular weight excluding hydrogens is 296 g/mol. The molecule has 1 aliphatic rings. The van der Waals surface area contributed by atoms with Gasteiger partial charge >= 0.3 is 11.9 Å². The number of hydrogen-bond acceptors (Lipinski definition) is 6. The minimum atomic E-state index is -0.273. The summed E-state index contributed by atoms with van der Waals surface area (Å²) in [6, 6.07) is 0. The molecule has 0 spiro atoms. The Hall–Kier alpha value is -1.01. The van der Waals surface area contributed by atoms with Gasteiger partial charge in [-0.05, 0) is 31.9 Å². The zero-order valence-electron chi connectivity index (χ0n) is 12.0. The summed E-state index contributed by atoms with van der Waals surface area (Å²) in [6.45, 7) is 8.30. The summed E-state index contributed by atoms with van der Waals surface area (Å²) in [6.07, 6.45) is 0. The number of thiophene rings is 1. The highest BCUT2D eigenvalue weighted by atomic mass is 32.2. The number of ether oxygens (including phenoxy) is 2. The summed E-state index contributed by atoms with van der Waals surface area (Å²) in [5, 5.41) is -0.203. The lowest BCUT2D eigenvalue weighted by molar-refractivity contribution is -0.142. The van der Waals surface area contributed by atoms with Crippen LogP contribution in [0.15, 0.2) is 4.21 Å². The topological polar surface area (TPSA) is 52.6 Å². The first-order valence-electron chi connectivity index (χ1n) is 6.64. The van der Waals surface area contributed by atoms with Crippen LogP contribution in [0.3, 0.4) is 0 Å². The summed E-state index contributed by atoms with van der Waals surface area (Å²) >= 11 is 2.92. The van der Waals surface area contributed by atoms with Crippen LogP contribution in [0.5, 0.6) is 0 Å². The Morgan fingerprint density at radius 3 is 2.40 bits per heavy atom. The van der Waals surface area contributed by atoms with Crippen molar-refractivity contribution in [2.45, 2.75) is 43.1 Å². The predicted molar refractivity (Wildman–Crippen MR) is 79.7 cm³/mol. The first kappa shape index (κ1) is 15.4. The van der Waals surface area contributed by atoms with Crippen LogP contribution in [0.1, 0.15) is 47.5 Å². The van der Waals surface area contributed by atoms with Gasteiger partial charge in [0.05, 0.1) is 17.4 Å². The summed E-state index contributed by atoms with van der Waals surface area (Å²) < 4.78 is 11.2. The molecule has 0 radical (unpaired) electrons. The second-order valence-electron chi connectivity index (χ2n) is 4.56. The Morgan fingerprint density at radius 2 is 1.85 bits per heavy atom. The number of thioether (sulfide) groups is 1. The molecule has 0 saturated heterocycles. The Balaban J connectivity index is 2.25. The van der Waals surface area contributed by atoms with Gasteiger partial charge in [0, 0.05) is 5.92 Å². The molecule has 0 N–H and O–H groups in total. The average Bonchev–Trinajstić information content (AvgIpc) is 2.89. The molecule has 1 aromatic rings. The van der Waals surface area contributed by atoms with E-state index in [9.17, 15) is 9.59 Å². The molecule has 6 heteroatoms. The van der Waals surface area contributed by atoms with E-state index in [0.717, 1.165) is 15.3 Å². The van der Waals surface area contributed by atoms with E-state index in [1.807, 2.05) is 20.8 Å².